The van der Waals surface area contributed by atoms with Crippen LogP contribution in [0.4, 0.5) is 0 Å². The van der Waals surface area contributed by atoms with Crippen molar-refractivity contribution in [1.29, 1.82) is 0 Å². The molecule has 2 aliphatic rings. The van der Waals surface area contributed by atoms with Gasteiger partial charge in [-0.05, 0) is 42.8 Å². The van der Waals surface area contributed by atoms with Crippen LogP contribution in [-0.2, 0) is 4.79 Å². The van der Waals surface area contributed by atoms with E-state index in [9.17, 15) is 9.59 Å². The van der Waals surface area contributed by atoms with E-state index in [1.807, 2.05) is 18.1 Å². The topological polar surface area (TPSA) is 91.9 Å². The van der Waals surface area contributed by atoms with Crippen LogP contribution in [0.2, 0.25) is 10.0 Å². The van der Waals surface area contributed by atoms with Crippen LogP contribution < -0.4 is 25.5 Å². The molecule has 5 atom stereocenters. The summed E-state index contributed by atoms with van der Waals surface area (Å²) in [7, 11) is 4.91. The number of fused-ring (bicyclic) bond motifs is 1. The summed E-state index contributed by atoms with van der Waals surface area (Å²) in [5, 5.41) is 8.69. The summed E-state index contributed by atoms with van der Waals surface area (Å²) >= 11 is 12.5. The molecule has 8 nitrogen and oxygen atoms in total. The van der Waals surface area contributed by atoms with Crippen molar-refractivity contribution in [2.75, 3.05) is 21.3 Å². The number of hydrazine groups is 1. The van der Waals surface area contributed by atoms with Gasteiger partial charge in [0.1, 0.15) is 6.04 Å². The number of ether oxygens (including phenoxy) is 2. The van der Waals surface area contributed by atoms with Crippen molar-refractivity contribution in [3.8, 4) is 11.5 Å². The number of nitrogens with zero attached hydrogens (tertiary/aromatic N) is 1. The number of carbonyl (C=O) groups excluding carboxylic acids is 2. The molecule has 3 N–H and O–H groups in total. The van der Waals surface area contributed by atoms with Crippen LogP contribution in [0, 0.1) is 5.92 Å². The molecule has 0 spiro atoms. The fourth-order valence-electron chi connectivity index (χ4n) is 4.83. The van der Waals surface area contributed by atoms with Gasteiger partial charge in [0.15, 0.2) is 11.5 Å². The monoisotopic (exact) mass is 492 g/mol. The predicted octanol–water partition coefficient (Wildman–Crippen LogP) is 2.80. The van der Waals surface area contributed by atoms with Gasteiger partial charge in [-0.1, -0.05) is 29.3 Å². The zero-order chi connectivity index (χ0) is 23.9. The zero-order valence-corrected chi connectivity index (χ0v) is 20.2. The lowest BCUT2D eigenvalue weighted by molar-refractivity contribution is -0.129. The number of amides is 2. The predicted molar refractivity (Wildman–Crippen MR) is 126 cm³/mol. The molecule has 2 amide bonds. The Hall–Kier alpha value is -2.52. The van der Waals surface area contributed by atoms with Gasteiger partial charge in [-0.2, -0.15) is 0 Å². The van der Waals surface area contributed by atoms with Crippen molar-refractivity contribution < 1.29 is 19.1 Å². The summed E-state index contributed by atoms with van der Waals surface area (Å²) < 4.78 is 10.6. The lowest BCUT2D eigenvalue weighted by atomic mass is 9.73. The third-order valence-electron chi connectivity index (χ3n) is 6.37. The molecule has 2 saturated heterocycles. The average molecular weight is 493 g/mol. The highest BCUT2D eigenvalue weighted by atomic mass is 35.5. The first-order chi connectivity index (χ1) is 15.7. The molecule has 33 heavy (non-hydrogen) atoms. The molecule has 2 fully saturated rings. The maximum Gasteiger partial charge on any atom is 0.252 e. The molecular formula is C23H26Cl2N4O4. The number of hydrogen-bond donors (Lipinski definition) is 3. The Kier molecular flexibility index (Phi) is 6.72. The van der Waals surface area contributed by atoms with Crippen LogP contribution in [0.25, 0.3) is 0 Å². The van der Waals surface area contributed by atoms with E-state index in [4.69, 9.17) is 32.7 Å². The number of rotatable bonds is 5. The summed E-state index contributed by atoms with van der Waals surface area (Å²) in [6.45, 7) is 2.05. The quantitative estimate of drug-likeness (QED) is 0.594. The zero-order valence-electron chi connectivity index (χ0n) is 18.7. The van der Waals surface area contributed by atoms with Crippen LogP contribution in [0.3, 0.4) is 0 Å². The number of piperidine rings is 1. The number of methoxy groups -OCH3 is 2. The van der Waals surface area contributed by atoms with Crippen LogP contribution in [0.15, 0.2) is 36.4 Å². The van der Waals surface area contributed by atoms with Gasteiger partial charge in [0.2, 0.25) is 5.91 Å². The molecule has 0 radical (unpaired) electrons. The highest BCUT2D eigenvalue weighted by molar-refractivity contribution is 6.42. The minimum atomic E-state index is -0.820. The van der Waals surface area contributed by atoms with Gasteiger partial charge in [-0.25, -0.2) is 5.01 Å². The average Bonchev–Trinajstić information content (AvgIpc) is 3.08. The fraction of sp³-hybridized carbons (Fsp3) is 0.391. The van der Waals surface area contributed by atoms with Gasteiger partial charge in [-0.3, -0.25) is 15.0 Å². The Labute approximate surface area is 202 Å². The molecule has 4 rings (SSSR count). The maximum atomic E-state index is 13.2. The van der Waals surface area contributed by atoms with Gasteiger partial charge in [-0.15, -0.1) is 0 Å². The smallest absolute Gasteiger partial charge is 0.252 e. The molecule has 0 saturated carbocycles. The van der Waals surface area contributed by atoms with E-state index in [1.165, 1.54) is 14.2 Å². The van der Waals surface area contributed by atoms with Crippen LogP contribution in [-0.4, -0.2) is 56.3 Å². The van der Waals surface area contributed by atoms with Crippen molar-refractivity contribution in [1.82, 2.24) is 21.1 Å². The molecule has 2 aromatic carbocycles. The Morgan fingerprint density at radius 1 is 1.06 bits per heavy atom. The normalized spacial score (nSPS) is 27.0. The summed E-state index contributed by atoms with van der Waals surface area (Å²) in [6.07, 6.45) is -0.235. The molecule has 0 aromatic heterocycles. The van der Waals surface area contributed by atoms with Gasteiger partial charge in [0.25, 0.3) is 5.91 Å². The Bertz CT molecular complexity index is 1080. The molecule has 3 unspecified atom stereocenters. The molecule has 2 heterocycles. The van der Waals surface area contributed by atoms with Crippen molar-refractivity contribution >= 4 is 35.0 Å². The SMILES string of the molecule is COc1ccc(C(=O)N[C@@H]2C(=O)NC3C(C(C)NN3C)[C@H]2c2ccc(Cl)c(Cl)c2)cc1OC. The molecule has 0 bridgehead atoms. The summed E-state index contributed by atoms with van der Waals surface area (Å²) in [4.78, 5) is 26.4. The van der Waals surface area contributed by atoms with Crippen molar-refractivity contribution in [3.63, 3.8) is 0 Å². The number of hydrogen-bond acceptors (Lipinski definition) is 6. The second-order valence-electron chi connectivity index (χ2n) is 8.28. The lowest BCUT2D eigenvalue weighted by Gasteiger charge is -2.42. The van der Waals surface area contributed by atoms with Crippen LogP contribution in [0.1, 0.15) is 28.8 Å². The highest BCUT2D eigenvalue weighted by Crippen LogP contribution is 2.41. The minimum Gasteiger partial charge on any atom is -0.493 e. The van der Waals surface area contributed by atoms with E-state index >= 15 is 0 Å². The van der Waals surface area contributed by atoms with E-state index in [-0.39, 0.29) is 30.0 Å². The molecular weight excluding hydrogens is 467 g/mol. The van der Waals surface area contributed by atoms with E-state index in [2.05, 4.69) is 23.0 Å². The lowest BCUT2D eigenvalue weighted by Crippen LogP contribution is -2.63. The third kappa shape index (κ3) is 4.36. The highest BCUT2D eigenvalue weighted by Gasteiger charge is 2.52. The minimum absolute atomic E-state index is 0.0272. The number of nitrogens with one attached hydrogen (secondary N) is 3. The van der Waals surface area contributed by atoms with E-state index < -0.39 is 11.9 Å². The number of halogens is 2. The Morgan fingerprint density at radius 3 is 2.45 bits per heavy atom. The summed E-state index contributed by atoms with van der Waals surface area (Å²) in [5.74, 6) is -0.101. The first-order valence-electron chi connectivity index (χ1n) is 10.5. The van der Waals surface area contributed by atoms with Gasteiger partial charge in [0, 0.05) is 30.5 Å². The molecule has 0 aliphatic carbocycles. The van der Waals surface area contributed by atoms with Gasteiger partial charge < -0.3 is 20.1 Å². The van der Waals surface area contributed by atoms with Crippen LogP contribution in [0.5, 0.6) is 11.5 Å². The summed E-state index contributed by atoms with van der Waals surface area (Å²) in [5.41, 5.74) is 4.54. The Morgan fingerprint density at radius 2 is 1.79 bits per heavy atom. The molecule has 176 valence electrons. The molecule has 2 aliphatic heterocycles. The van der Waals surface area contributed by atoms with Crippen molar-refractivity contribution in [2.45, 2.75) is 31.1 Å². The number of benzene rings is 2. The van der Waals surface area contributed by atoms with Crippen molar-refractivity contribution in [3.05, 3.63) is 57.6 Å². The second-order valence-corrected chi connectivity index (χ2v) is 9.09. The van der Waals surface area contributed by atoms with E-state index in [1.54, 1.807) is 30.3 Å². The van der Waals surface area contributed by atoms with E-state index in [0.29, 0.717) is 27.1 Å². The number of carbonyl (C=O) groups is 2. The fourth-order valence-corrected chi connectivity index (χ4v) is 5.14. The standard InChI is InChI=1S/C23H26Cl2N4O4/c1-11-18-19(12-5-7-14(24)15(25)9-12)20(23(31)27-21(18)29(2)28-11)26-22(30)13-6-8-16(32-3)17(10-13)33-4/h5-11,18-21,28H,1-4H3,(H,26,30)(H,27,31)/t11?,18?,19-,20+,21?/m1/s1. The Balaban J connectivity index is 1.71. The van der Waals surface area contributed by atoms with Gasteiger partial charge >= 0.3 is 0 Å². The first kappa shape index (κ1) is 23.6. The van der Waals surface area contributed by atoms with Crippen LogP contribution >= 0.6 is 23.2 Å². The largest absolute Gasteiger partial charge is 0.493 e. The molecule has 10 heteroatoms. The summed E-state index contributed by atoms with van der Waals surface area (Å²) in [6, 6.07) is 9.42. The first-order valence-corrected chi connectivity index (χ1v) is 11.3. The van der Waals surface area contributed by atoms with E-state index in [0.717, 1.165) is 5.56 Å². The molecule has 2 aromatic rings. The maximum absolute atomic E-state index is 13.2. The second kappa shape index (κ2) is 9.38. The third-order valence-corrected chi connectivity index (χ3v) is 7.11. The van der Waals surface area contributed by atoms with Crippen molar-refractivity contribution in [2.24, 2.45) is 5.92 Å². The van der Waals surface area contributed by atoms with Gasteiger partial charge in [0.05, 0.1) is 30.4 Å².